The maximum absolute atomic E-state index is 12.5. The van der Waals surface area contributed by atoms with Crippen LogP contribution in [0.5, 0.6) is 0 Å². The van der Waals surface area contributed by atoms with Crippen molar-refractivity contribution in [2.75, 3.05) is 0 Å². The second kappa shape index (κ2) is 7.96. The van der Waals surface area contributed by atoms with Gasteiger partial charge in [-0.1, -0.05) is 45.0 Å². The number of carbonyl (C=O) groups excluding carboxylic acids is 1. The number of aryl methyl sites for hydroxylation is 1. The number of carboxylic acid groups (broad SMARTS) is 1. The molecule has 0 fully saturated rings. The highest BCUT2D eigenvalue weighted by Gasteiger charge is 2.23. The summed E-state index contributed by atoms with van der Waals surface area (Å²) in [5, 5.41) is 16.1. The van der Waals surface area contributed by atoms with Crippen LogP contribution < -0.4 is 5.32 Å². The van der Waals surface area contributed by atoms with Crippen molar-refractivity contribution in [3.63, 3.8) is 0 Å². The number of rotatable bonds is 7. The monoisotopic (exact) mass is 343 g/mol. The number of benzene rings is 1. The molecule has 2 N–H and O–H groups in total. The molecule has 0 bridgehead atoms. The lowest BCUT2D eigenvalue weighted by molar-refractivity contribution is 0.0690. The van der Waals surface area contributed by atoms with Gasteiger partial charge in [0.1, 0.15) is 5.56 Å². The van der Waals surface area contributed by atoms with E-state index in [1.807, 2.05) is 19.1 Å². The SMILES string of the molecule is CCC(C)c1ccc(C(CC)NC(=O)c2nn(C)cc2C(=O)O)cc1. The molecule has 2 unspecified atom stereocenters. The largest absolute Gasteiger partial charge is 0.478 e. The van der Waals surface area contributed by atoms with Gasteiger partial charge in [0.2, 0.25) is 0 Å². The van der Waals surface area contributed by atoms with Crippen LogP contribution in [0.4, 0.5) is 0 Å². The molecule has 0 saturated carbocycles. The number of nitrogens with zero attached hydrogens (tertiary/aromatic N) is 2. The molecule has 1 amide bonds. The molecule has 6 nitrogen and oxygen atoms in total. The molecule has 25 heavy (non-hydrogen) atoms. The Balaban J connectivity index is 2.19. The number of carbonyl (C=O) groups is 2. The van der Waals surface area contributed by atoms with Gasteiger partial charge in [0.25, 0.3) is 5.91 Å². The molecule has 0 aliphatic carbocycles. The summed E-state index contributed by atoms with van der Waals surface area (Å²) < 4.78 is 1.33. The average Bonchev–Trinajstić information content (AvgIpc) is 3.01. The molecule has 0 saturated heterocycles. The topological polar surface area (TPSA) is 84.2 Å². The van der Waals surface area contributed by atoms with E-state index < -0.39 is 11.9 Å². The van der Waals surface area contributed by atoms with Gasteiger partial charge in [-0.05, 0) is 29.9 Å². The zero-order valence-electron chi connectivity index (χ0n) is 15.1. The number of aromatic carboxylic acids is 1. The average molecular weight is 343 g/mol. The third-order valence-electron chi connectivity index (χ3n) is 4.51. The molecule has 0 radical (unpaired) electrons. The summed E-state index contributed by atoms with van der Waals surface area (Å²) in [4.78, 5) is 23.8. The maximum atomic E-state index is 12.5. The van der Waals surface area contributed by atoms with Crippen LogP contribution in [0.1, 0.15) is 77.5 Å². The molecule has 1 aromatic heterocycles. The second-order valence-corrected chi connectivity index (χ2v) is 6.28. The summed E-state index contributed by atoms with van der Waals surface area (Å²) >= 11 is 0. The van der Waals surface area contributed by atoms with Crippen molar-refractivity contribution in [1.82, 2.24) is 15.1 Å². The first-order valence-corrected chi connectivity index (χ1v) is 8.55. The van der Waals surface area contributed by atoms with E-state index in [-0.39, 0.29) is 17.3 Å². The first kappa shape index (κ1) is 18.7. The van der Waals surface area contributed by atoms with E-state index in [1.165, 1.54) is 16.4 Å². The van der Waals surface area contributed by atoms with E-state index in [9.17, 15) is 14.7 Å². The lowest BCUT2D eigenvalue weighted by atomic mass is 9.95. The van der Waals surface area contributed by atoms with Crippen molar-refractivity contribution >= 4 is 11.9 Å². The highest BCUT2D eigenvalue weighted by atomic mass is 16.4. The third kappa shape index (κ3) is 4.26. The fourth-order valence-electron chi connectivity index (χ4n) is 2.75. The molecule has 2 atom stereocenters. The predicted molar refractivity (Wildman–Crippen MR) is 95.8 cm³/mol. The van der Waals surface area contributed by atoms with Gasteiger partial charge in [0.15, 0.2) is 5.69 Å². The van der Waals surface area contributed by atoms with Gasteiger partial charge in [0, 0.05) is 13.2 Å². The Morgan fingerprint density at radius 2 is 1.76 bits per heavy atom. The Bertz CT molecular complexity index is 750. The normalized spacial score (nSPS) is 13.3. The number of hydrogen-bond donors (Lipinski definition) is 2. The van der Waals surface area contributed by atoms with Gasteiger partial charge in [-0.3, -0.25) is 9.48 Å². The van der Waals surface area contributed by atoms with Crippen LogP contribution in [0, 0.1) is 0 Å². The van der Waals surface area contributed by atoms with Gasteiger partial charge in [-0.15, -0.1) is 0 Å². The molecule has 2 rings (SSSR count). The summed E-state index contributed by atoms with van der Waals surface area (Å²) in [6.07, 6.45) is 3.10. The molecule has 134 valence electrons. The molecular formula is C19H25N3O3. The summed E-state index contributed by atoms with van der Waals surface area (Å²) in [5.41, 5.74) is 2.10. The van der Waals surface area contributed by atoms with Crippen molar-refractivity contribution < 1.29 is 14.7 Å². The Morgan fingerprint density at radius 1 is 1.16 bits per heavy atom. The number of hydrogen-bond acceptors (Lipinski definition) is 3. The molecule has 1 heterocycles. The lowest BCUT2D eigenvalue weighted by Crippen LogP contribution is -2.29. The molecule has 0 aliphatic heterocycles. The third-order valence-corrected chi connectivity index (χ3v) is 4.51. The van der Waals surface area contributed by atoms with Crippen LogP contribution in [0.15, 0.2) is 30.5 Å². The first-order chi connectivity index (χ1) is 11.9. The van der Waals surface area contributed by atoms with Crippen molar-refractivity contribution in [3.8, 4) is 0 Å². The van der Waals surface area contributed by atoms with E-state index in [4.69, 9.17) is 0 Å². The van der Waals surface area contributed by atoms with Crippen LogP contribution >= 0.6 is 0 Å². The molecule has 1 aromatic carbocycles. The second-order valence-electron chi connectivity index (χ2n) is 6.28. The number of carboxylic acids is 1. The fraction of sp³-hybridized carbons (Fsp3) is 0.421. The molecular weight excluding hydrogens is 318 g/mol. The van der Waals surface area contributed by atoms with E-state index >= 15 is 0 Å². The minimum atomic E-state index is -1.16. The standard InChI is InChI=1S/C19H25N3O3/c1-5-12(3)13-7-9-14(10-8-13)16(6-2)20-18(23)17-15(19(24)25)11-22(4)21-17/h7-12,16H,5-6H2,1-4H3,(H,20,23)(H,24,25). The minimum absolute atomic E-state index is 0.0651. The van der Waals surface area contributed by atoms with Gasteiger partial charge in [-0.2, -0.15) is 5.10 Å². The van der Waals surface area contributed by atoms with E-state index in [1.54, 1.807) is 7.05 Å². The quantitative estimate of drug-likeness (QED) is 0.806. The van der Waals surface area contributed by atoms with Crippen LogP contribution in [0.2, 0.25) is 0 Å². The van der Waals surface area contributed by atoms with Gasteiger partial charge < -0.3 is 10.4 Å². The van der Waals surface area contributed by atoms with E-state index in [0.29, 0.717) is 12.3 Å². The Labute approximate surface area is 147 Å². The number of aromatic nitrogens is 2. The van der Waals surface area contributed by atoms with Gasteiger partial charge >= 0.3 is 5.97 Å². The predicted octanol–water partition coefficient (Wildman–Crippen LogP) is 3.51. The van der Waals surface area contributed by atoms with Crippen molar-refractivity contribution in [1.29, 1.82) is 0 Å². The van der Waals surface area contributed by atoms with Crippen LogP contribution in [0.25, 0.3) is 0 Å². The first-order valence-electron chi connectivity index (χ1n) is 8.55. The lowest BCUT2D eigenvalue weighted by Gasteiger charge is -2.18. The Kier molecular flexibility index (Phi) is 5.96. The Hall–Kier alpha value is -2.63. The highest BCUT2D eigenvalue weighted by Crippen LogP contribution is 2.23. The smallest absolute Gasteiger partial charge is 0.339 e. The number of nitrogens with one attached hydrogen (secondary N) is 1. The zero-order valence-corrected chi connectivity index (χ0v) is 15.1. The van der Waals surface area contributed by atoms with Crippen LogP contribution in [-0.4, -0.2) is 26.8 Å². The van der Waals surface area contributed by atoms with Crippen LogP contribution in [0.3, 0.4) is 0 Å². The van der Waals surface area contributed by atoms with Gasteiger partial charge in [-0.25, -0.2) is 4.79 Å². The summed E-state index contributed by atoms with van der Waals surface area (Å²) in [5.74, 6) is -1.14. The minimum Gasteiger partial charge on any atom is -0.478 e. The van der Waals surface area contributed by atoms with Crippen molar-refractivity contribution in [2.24, 2.45) is 7.05 Å². The summed E-state index contributed by atoms with van der Waals surface area (Å²) in [6, 6.07) is 8.02. The molecule has 0 spiro atoms. The zero-order chi connectivity index (χ0) is 18.6. The molecule has 0 aliphatic rings. The summed E-state index contributed by atoms with van der Waals surface area (Å²) in [6.45, 7) is 6.31. The van der Waals surface area contributed by atoms with E-state index in [0.717, 1.165) is 12.0 Å². The van der Waals surface area contributed by atoms with Crippen molar-refractivity contribution in [2.45, 2.75) is 45.6 Å². The van der Waals surface area contributed by atoms with E-state index in [2.05, 4.69) is 36.4 Å². The van der Waals surface area contributed by atoms with Crippen molar-refractivity contribution in [3.05, 3.63) is 52.8 Å². The molecule has 2 aromatic rings. The van der Waals surface area contributed by atoms with Crippen LogP contribution in [-0.2, 0) is 7.05 Å². The molecule has 6 heteroatoms. The summed E-state index contributed by atoms with van der Waals surface area (Å²) in [7, 11) is 1.59. The maximum Gasteiger partial charge on any atom is 0.339 e. The Morgan fingerprint density at radius 3 is 2.28 bits per heavy atom. The fourth-order valence-corrected chi connectivity index (χ4v) is 2.75. The van der Waals surface area contributed by atoms with Gasteiger partial charge in [0.05, 0.1) is 6.04 Å². The number of amides is 1. The highest BCUT2D eigenvalue weighted by molar-refractivity contribution is 6.03.